The van der Waals surface area contributed by atoms with Gasteiger partial charge in [0, 0.05) is 0 Å². The van der Waals surface area contributed by atoms with Crippen molar-refractivity contribution in [1.29, 1.82) is 0 Å². The molecular formula is C18H28O3. The largest absolute Gasteiger partial charge is 0.508 e. The van der Waals surface area contributed by atoms with Gasteiger partial charge < -0.3 is 9.47 Å². The molecule has 0 aliphatic carbocycles. The molecule has 21 heavy (non-hydrogen) atoms. The first kappa shape index (κ1) is 17.5. The van der Waals surface area contributed by atoms with E-state index in [2.05, 4.69) is 6.92 Å². The van der Waals surface area contributed by atoms with Gasteiger partial charge in [-0.3, -0.25) is 0 Å². The highest BCUT2D eigenvalue weighted by Crippen LogP contribution is 2.24. The fourth-order valence-corrected chi connectivity index (χ4v) is 2.34. The molecule has 1 rings (SSSR count). The monoisotopic (exact) mass is 292 g/mol. The van der Waals surface area contributed by atoms with Gasteiger partial charge in [-0.05, 0) is 25.3 Å². The van der Waals surface area contributed by atoms with E-state index < -0.39 is 6.16 Å². The standard InChI is InChI=1S/C18H28O3/c1-3-5-6-7-8-12-15-17(21-18(19)20-4-2)16-13-10-9-11-14-16/h9-11,13-14,17H,3-8,12,15H2,1-2H3. The Kier molecular flexibility index (Phi) is 9.34. The van der Waals surface area contributed by atoms with Crippen LogP contribution in [0.15, 0.2) is 30.3 Å². The number of benzene rings is 1. The first-order valence-electron chi connectivity index (χ1n) is 8.16. The zero-order chi connectivity index (χ0) is 15.3. The predicted molar refractivity (Wildman–Crippen MR) is 85.3 cm³/mol. The van der Waals surface area contributed by atoms with Crippen LogP contribution < -0.4 is 0 Å². The summed E-state index contributed by atoms with van der Waals surface area (Å²) in [5.41, 5.74) is 1.04. The Bertz CT molecular complexity index is 375. The second kappa shape index (κ2) is 11.2. The SMILES string of the molecule is CCCCCCCCC(OC(=O)OCC)c1ccccc1. The van der Waals surface area contributed by atoms with Crippen molar-refractivity contribution >= 4 is 6.16 Å². The topological polar surface area (TPSA) is 35.5 Å². The maximum absolute atomic E-state index is 11.6. The highest BCUT2D eigenvalue weighted by atomic mass is 16.7. The predicted octanol–water partition coefficient (Wildman–Crippen LogP) is 5.65. The maximum atomic E-state index is 11.6. The highest BCUT2D eigenvalue weighted by molar-refractivity contribution is 5.60. The summed E-state index contributed by atoms with van der Waals surface area (Å²) < 4.78 is 10.3. The molecule has 1 unspecified atom stereocenters. The fourth-order valence-electron chi connectivity index (χ4n) is 2.34. The summed E-state index contributed by atoms with van der Waals surface area (Å²) in [6.45, 7) is 4.35. The van der Waals surface area contributed by atoms with Crippen molar-refractivity contribution in [3.63, 3.8) is 0 Å². The lowest BCUT2D eigenvalue weighted by Crippen LogP contribution is -2.13. The van der Waals surface area contributed by atoms with E-state index in [4.69, 9.17) is 9.47 Å². The zero-order valence-electron chi connectivity index (χ0n) is 13.3. The quantitative estimate of drug-likeness (QED) is 0.413. The van der Waals surface area contributed by atoms with Crippen LogP contribution in [0, 0.1) is 0 Å². The first-order chi connectivity index (χ1) is 10.3. The van der Waals surface area contributed by atoms with E-state index in [0.717, 1.165) is 18.4 Å². The molecule has 0 saturated carbocycles. The van der Waals surface area contributed by atoms with Crippen molar-refractivity contribution < 1.29 is 14.3 Å². The van der Waals surface area contributed by atoms with Gasteiger partial charge in [0.05, 0.1) is 6.61 Å². The number of carbonyl (C=O) groups excluding carboxylic acids is 1. The van der Waals surface area contributed by atoms with Crippen LogP contribution in [0.2, 0.25) is 0 Å². The van der Waals surface area contributed by atoms with Gasteiger partial charge in [-0.15, -0.1) is 0 Å². The van der Waals surface area contributed by atoms with Gasteiger partial charge in [0.25, 0.3) is 0 Å². The Morgan fingerprint density at radius 3 is 2.33 bits per heavy atom. The summed E-state index contributed by atoms with van der Waals surface area (Å²) in [4.78, 5) is 11.6. The Morgan fingerprint density at radius 2 is 1.67 bits per heavy atom. The molecule has 1 aromatic rings. The van der Waals surface area contributed by atoms with Crippen LogP contribution in [-0.2, 0) is 9.47 Å². The van der Waals surface area contributed by atoms with Gasteiger partial charge >= 0.3 is 6.16 Å². The number of carbonyl (C=O) groups is 1. The minimum absolute atomic E-state index is 0.198. The van der Waals surface area contributed by atoms with Gasteiger partial charge in [-0.25, -0.2) is 4.79 Å². The van der Waals surface area contributed by atoms with Crippen LogP contribution in [0.25, 0.3) is 0 Å². The van der Waals surface area contributed by atoms with Gasteiger partial charge in [-0.2, -0.15) is 0 Å². The van der Waals surface area contributed by atoms with Crippen LogP contribution in [0.3, 0.4) is 0 Å². The molecule has 3 nitrogen and oxygen atoms in total. The van der Waals surface area contributed by atoms with Crippen molar-refractivity contribution in [3.8, 4) is 0 Å². The summed E-state index contributed by atoms with van der Waals surface area (Å²) in [7, 11) is 0. The van der Waals surface area contributed by atoms with Gasteiger partial charge in [0.15, 0.2) is 0 Å². The van der Waals surface area contributed by atoms with Crippen molar-refractivity contribution in [2.45, 2.75) is 64.9 Å². The average molecular weight is 292 g/mol. The molecule has 0 aromatic heterocycles. The minimum Gasteiger partial charge on any atom is -0.435 e. The molecule has 0 N–H and O–H groups in total. The molecule has 1 atom stereocenters. The maximum Gasteiger partial charge on any atom is 0.508 e. The van der Waals surface area contributed by atoms with E-state index in [1.165, 1.54) is 32.1 Å². The smallest absolute Gasteiger partial charge is 0.435 e. The number of ether oxygens (including phenoxy) is 2. The molecule has 0 fully saturated rings. The van der Waals surface area contributed by atoms with Crippen molar-refractivity contribution in [3.05, 3.63) is 35.9 Å². The number of hydrogen-bond acceptors (Lipinski definition) is 3. The number of hydrogen-bond donors (Lipinski definition) is 0. The lowest BCUT2D eigenvalue weighted by atomic mass is 10.0. The summed E-state index contributed by atoms with van der Waals surface area (Å²) in [6.07, 6.45) is 7.47. The van der Waals surface area contributed by atoms with E-state index in [0.29, 0.717) is 6.61 Å². The lowest BCUT2D eigenvalue weighted by Gasteiger charge is -2.17. The molecule has 0 spiro atoms. The molecule has 0 aliphatic heterocycles. The molecule has 0 aliphatic rings. The average Bonchev–Trinajstić information content (AvgIpc) is 2.50. The third-order valence-electron chi connectivity index (χ3n) is 3.49. The molecular weight excluding hydrogens is 264 g/mol. The first-order valence-corrected chi connectivity index (χ1v) is 8.16. The molecule has 3 heteroatoms. The normalized spacial score (nSPS) is 11.9. The number of rotatable bonds is 10. The molecule has 1 aromatic carbocycles. The van der Waals surface area contributed by atoms with E-state index >= 15 is 0 Å². The van der Waals surface area contributed by atoms with Crippen molar-refractivity contribution in [2.75, 3.05) is 6.61 Å². The van der Waals surface area contributed by atoms with E-state index in [-0.39, 0.29) is 6.10 Å². The molecule has 0 radical (unpaired) electrons. The zero-order valence-corrected chi connectivity index (χ0v) is 13.3. The van der Waals surface area contributed by atoms with E-state index in [9.17, 15) is 4.79 Å². The fraction of sp³-hybridized carbons (Fsp3) is 0.611. The molecule has 0 heterocycles. The van der Waals surface area contributed by atoms with Crippen LogP contribution in [0.1, 0.15) is 70.5 Å². The van der Waals surface area contributed by atoms with Crippen LogP contribution in [0.5, 0.6) is 0 Å². The Morgan fingerprint density at radius 1 is 1.00 bits per heavy atom. The van der Waals surface area contributed by atoms with E-state index in [1.807, 2.05) is 30.3 Å². The highest BCUT2D eigenvalue weighted by Gasteiger charge is 2.16. The summed E-state index contributed by atoms with van der Waals surface area (Å²) in [6, 6.07) is 9.91. The Balaban J connectivity index is 2.43. The van der Waals surface area contributed by atoms with Gasteiger partial charge in [0.1, 0.15) is 6.10 Å². The van der Waals surface area contributed by atoms with Crippen LogP contribution >= 0.6 is 0 Å². The second-order valence-electron chi connectivity index (χ2n) is 5.26. The summed E-state index contributed by atoms with van der Waals surface area (Å²) >= 11 is 0. The third-order valence-corrected chi connectivity index (χ3v) is 3.49. The second-order valence-corrected chi connectivity index (χ2v) is 5.26. The van der Waals surface area contributed by atoms with E-state index in [1.54, 1.807) is 6.92 Å². The molecule has 118 valence electrons. The van der Waals surface area contributed by atoms with Gasteiger partial charge in [0.2, 0.25) is 0 Å². The third kappa shape index (κ3) is 7.74. The Hall–Kier alpha value is -1.51. The van der Waals surface area contributed by atoms with Crippen LogP contribution in [0.4, 0.5) is 4.79 Å². The van der Waals surface area contributed by atoms with Crippen molar-refractivity contribution in [2.24, 2.45) is 0 Å². The van der Waals surface area contributed by atoms with Gasteiger partial charge in [-0.1, -0.05) is 69.4 Å². The Labute approximate surface area is 128 Å². The summed E-state index contributed by atoms with van der Waals surface area (Å²) in [5, 5.41) is 0. The van der Waals surface area contributed by atoms with Crippen molar-refractivity contribution in [1.82, 2.24) is 0 Å². The van der Waals surface area contributed by atoms with Crippen LogP contribution in [-0.4, -0.2) is 12.8 Å². The molecule has 0 saturated heterocycles. The molecule has 0 bridgehead atoms. The summed E-state index contributed by atoms with van der Waals surface area (Å²) in [5.74, 6) is 0. The minimum atomic E-state index is -0.572. The molecule has 0 amide bonds. The number of unbranched alkanes of at least 4 members (excludes halogenated alkanes) is 5. The lowest BCUT2D eigenvalue weighted by molar-refractivity contribution is 0.0218.